The summed E-state index contributed by atoms with van der Waals surface area (Å²) in [5.41, 5.74) is 1.52. The fourth-order valence-corrected chi connectivity index (χ4v) is 5.69. The summed E-state index contributed by atoms with van der Waals surface area (Å²) in [5.74, 6) is 0.541. The summed E-state index contributed by atoms with van der Waals surface area (Å²) in [6, 6.07) is 11.0. The van der Waals surface area contributed by atoms with Gasteiger partial charge in [0.05, 0.1) is 29.2 Å². The standard InChI is InChI=1S/C30H30F3N5O3/c1-19-11-20(13-21(12-19)28-16-34-18-41-28)25-15-27(36-8-3-2-4-9-36)29(40)38(35-25)26-14-22(37-10-7-23(39)17-37)5-6-24(26)30(31,32)33/h5-6,11-16,18,23,39H,2-4,7-10,17H2,1H3. The lowest BCUT2D eigenvalue weighted by Gasteiger charge is -2.29. The van der Waals surface area contributed by atoms with Crippen molar-refractivity contribution in [3.8, 4) is 28.3 Å². The van der Waals surface area contributed by atoms with Gasteiger partial charge in [0.1, 0.15) is 5.69 Å². The maximum absolute atomic E-state index is 14.4. The number of hydrogen-bond acceptors (Lipinski definition) is 7. The van der Waals surface area contributed by atoms with Crippen LogP contribution in [-0.2, 0) is 6.18 Å². The summed E-state index contributed by atoms with van der Waals surface area (Å²) >= 11 is 0. The number of alkyl halides is 3. The number of hydrogen-bond donors (Lipinski definition) is 1. The van der Waals surface area contributed by atoms with Crippen LogP contribution >= 0.6 is 0 Å². The Morgan fingerprint density at radius 1 is 0.951 bits per heavy atom. The Morgan fingerprint density at radius 3 is 2.41 bits per heavy atom. The van der Waals surface area contributed by atoms with E-state index in [-0.39, 0.29) is 5.69 Å². The van der Waals surface area contributed by atoms with E-state index in [0.717, 1.165) is 41.1 Å². The van der Waals surface area contributed by atoms with E-state index in [1.54, 1.807) is 12.3 Å². The van der Waals surface area contributed by atoms with Gasteiger partial charge in [0.25, 0.3) is 5.56 Å². The highest BCUT2D eigenvalue weighted by Gasteiger charge is 2.36. The van der Waals surface area contributed by atoms with E-state index in [1.807, 2.05) is 34.9 Å². The van der Waals surface area contributed by atoms with Gasteiger partial charge in [0.2, 0.25) is 0 Å². The third-order valence-electron chi connectivity index (χ3n) is 7.72. The highest BCUT2D eigenvalue weighted by Crippen LogP contribution is 2.37. The quantitative estimate of drug-likeness (QED) is 0.345. The van der Waals surface area contributed by atoms with Gasteiger partial charge < -0.3 is 19.3 Å². The maximum atomic E-state index is 14.4. The van der Waals surface area contributed by atoms with Crippen LogP contribution in [0.1, 0.15) is 36.8 Å². The number of β-amino-alcohol motifs (C(OH)–C–C–N with tert-alkyl or cyclic N) is 1. The van der Waals surface area contributed by atoms with Crippen LogP contribution in [-0.4, -0.2) is 52.2 Å². The van der Waals surface area contributed by atoms with E-state index in [0.29, 0.717) is 61.0 Å². The van der Waals surface area contributed by atoms with Crippen molar-refractivity contribution in [2.75, 3.05) is 36.0 Å². The lowest BCUT2D eigenvalue weighted by Crippen LogP contribution is -2.37. The minimum Gasteiger partial charge on any atom is -0.444 e. The second-order valence-electron chi connectivity index (χ2n) is 10.7. The number of benzene rings is 2. The van der Waals surface area contributed by atoms with Crippen molar-refractivity contribution in [3.05, 3.63) is 76.5 Å². The van der Waals surface area contributed by atoms with E-state index in [1.165, 1.54) is 18.5 Å². The molecule has 11 heteroatoms. The number of nitrogens with zero attached hydrogens (tertiary/aromatic N) is 5. The molecule has 0 saturated carbocycles. The normalized spacial score (nSPS) is 17.8. The zero-order valence-corrected chi connectivity index (χ0v) is 22.6. The van der Waals surface area contributed by atoms with Gasteiger partial charge in [-0.25, -0.2) is 4.98 Å². The second kappa shape index (κ2) is 10.7. The number of halogens is 3. The highest BCUT2D eigenvalue weighted by molar-refractivity contribution is 5.72. The molecule has 2 aromatic heterocycles. The van der Waals surface area contributed by atoms with Crippen LogP contribution < -0.4 is 15.4 Å². The molecule has 0 amide bonds. The Bertz CT molecular complexity index is 1610. The predicted octanol–water partition coefficient (Wildman–Crippen LogP) is 5.44. The molecule has 0 aliphatic carbocycles. The third kappa shape index (κ3) is 5.46. The summed E-state index contributed by atoms with van der Waals surface area (Å²) in [5, 5.41) is 14.6. The molecule has 2 aromatic carbocycles. The number of aryl methyl sites for hydroxylation is 1. The van der Waals surface area contributed by atoms with Crippen molar-refractivity contribution in [1.29, 1.82) is 0 Å². The Morgan fingerprint density at radius 2 is 1.73 bits per heavy atom. The Hall–Kier alpha value is -4.12. The number of anilines is 2. The SMILES string of the molecule is Cc1cc(-c2cc(N3CCCCC3)c(=O)n(-c3cc(N4CCC(O)C4)ccc3C(F)(F)F)n2)cc(-c2cnco2)c1. The number of aliphatic hydroxyl groups excluding tert-OH is 1. The molecule has 214 valence electrons. The maximum Gasteiger partial charge on any atom is 0.418 e. The minimum absolute atomic E-state index is 0.305. The first kappa shape index (κ1) is 27.1. The Labute approximate surface area is 234 Å². The van der Waals surface area contributed by atoms with Crippen LogP contribution in [0.2, 0.25) is 0 Å². The van der Waals surface area contributed by atoms with Crippen LogP contribution in [0.3, 0.4) is 0 Å². The van der Waals surface area contributed by atoms with E-state index < -0.39 is 23.4 Å². The van der Waals surface area contributed by atoms with E-state index >= 15 is 0 Å². The third-order valence-corrected chi connectivity index (χ3v) is 7.72. The Kier molecular flexibility index (Phi) is 7.06. The van der Waals surface area contributed by atoms with Gasteiger partial charge in [-0.2, -0.15) is 23.0 Å². The molecule has 2 aliphatic heterocycles. The molecule has 2 saturated heterocycles. The summed E-state index contributed by atoms with van der Waals surface area (Å²) in [6.45, 7) is 3.98. The summed E-state index contributed by atoms with van der Waals surface area (Å²) < 4.78 is 49.4. The summed E-state index contributed by atoms with van der Waals surface area (Å²) in [4.78, 5) is 21.7. The van der Waals surface area contributed by atoms with Crippen molar-refractivity contribution in [3.63, 3.8) is 0 Å². The van der Waals surface area contributed by atoms with Crippen molar-refractivity contribution in [1.82, 2.24) is 14.8 Å². The fraction of sp³-hybridized carbons (Fsp3) is 0.367. The fourth-order valence-electron chi connectivity index (χ4n) is 5.69. The van der Waals surface area contributed by atoms with Gasteiger partial charge in [-0.15, -0.1) is 0 Å². The first-order valence-electron chi connectivity index (χ1n) is 13.7. The molecule has 2 fully saturated rings. The van der Waals surface area contributed by atoms with E-state index in [2.05, 4.69) is 10.1 Å². The zero-order valence-electron chi connectivity index (χ0n) is 22.6. The molecule has 0 spiro atoms. The van der Waals surface area contributed by atoms with Crippen LogP contribution in [0, 0.1) is 6.92 Å². The van der Waals surface area contributed by atoms with Gasteiger partial charge in [0.15, 0.2) is 12.2 Å². The molecule has 8 nitrogen and oxygen atoms in total. The zero-order chi connectivity index (χ0) is 28.7. The molecule has 6 rings (SSSR count). The number of aliphatic hydroxyl groups is 1. The molecular weight excluding hydrogens is 535 g/mol. The molecule has 4 aromatic rings. The summed E-state index contributed by atoms with van der Waals surface area (Å²) in [6.07, 6.45) is 0.958. The summed E-state index contributed by atoms with van der Waals surface area (Å²) in [7, 11) is 0. The van der Waals surface area contributed by atoms with Crippen molar-refractivity contribution in [2.45, 2.75) is 44.9 Å². The lowest BCUT2D eigenvalue weighted by molar-refractivity contribution is -0.137. The molecule has 4 heterocycles. The first-order valence-corrected chi connectivity index (χ1v) is 13.7. The van der Waals surface area contributed by atoms with Gasteiger partial charge >= 0.3 is 6.18 Å². The minimum atomic E-state index is -4.72. The van der Waals surface area contributed by atoms with Gasteiger partial charge in [-0.3, -0.25) is 4.79 Å². The highest BCUT2D eigenvalue weighted by atomic mass is 19.4. The monoisotopic (exact) mass is 565 g/mol. The molecule has 1 unspecified atom stereocenters. The number of aromatic nitrogens is 3. The second-order valence-corrected chi connectivity index (χ2v) is 10.7. The van der Waals surface area contributed by atoms with Gasteiger partial charge in [0, 0.05) is 43.0 Å². The molecule has 0 radical (unpaired) electrons. The number of piperidine rings is 1. The van der Waals surface area contributed by atoms with Gasteiger partial charge in [-0.05, 0) is 80.6 Å². The van der Waals surface area contributed by atoms with Crippen LogP contribution in [0.15, 0.2) is 64.3 Å². The average Bonchev–Trinajstić information content (AvgIpc) is 3.65. The average molecular weight is 566 g/mol. The molecule has 1 atom stereocenters. The number of rotatable bonds is 5. The van der Waals surface area contributed by atoms with Crippen molar-refractivity contribution in [2.24, 2.45) is 0 Å². The molecule has 0 bridgehead atoms. The topological polar surface area (TPSA) is 87.6 Å². The predicted molar refractivity (Wildman–Crippen MR) is 149 cm³/mol. The first-order chi connectivity index (χ1) is 19.7. The van der Waals surface area contributed by atoms with Gasteiger partial charge in [-0.1, -0.05) is 0 Å². The van der Waals surface area contributed by atoms with Crippen LogP contribution in [0.5, 0.6) is 0 Å². The van der Waals surface area contributed by atoms with Crippen molar-refractivity contribution < 1.29 is 22.7 Å². The smallest absolute Gasteiger partial charge is 0.418 e. The Balaban J connectivity index is 1.57. The van der Waals surface area contributed by atoms with Crippen LogP contribution in [0.25, 0.3) is 28.3 Å². The molecule has 1 N–H and O–H groups in total. The van der Waals surface area contributed by atoms with E-state index in [4.69, 9.17) is 4.42 Å². The van der Waals surface area contributed by atoms with Crippen LogP contribution in [0.4, 0.5) is 24.5 Å². The molecular formula is C30H30F3N5O3. The molecule has 2 aliphatic rings. The van der Waals surface area contributed by atoms with Crippen molar-refractivity contribution >= 4 is 11.4 Å². The molecule has 41 heavy (non-hydrogen) atoms. The van der Waals surface area contributed by atoms with E-state index in [9.17, 15) is 23.1 Å². The number of oxazole rings is 1. The lowest BCUT2D eigenvalue weighted by atomic mass is 10.0. The largest absolute Gasteiger partial charge is 0.444 e.